The quantitative estimate of drug-likeness (QED) is 0.919. The highest BCUT2D eigenvalue weighted by Crippen LogP contribution is 2.41. The van der Waals surface area contributed by atoms with Crippen LogP contribution in [0.25, 0.3) is 11.4 Å². The predicted molar refractivity (Wildman–Crippen MR) is 66.7 cm³/mol. The number of aromatic nitrogens is 4. The largest absolute Gasteiger partial charge is 0.305 e. The van der Waals surface area contributed by atoms with Gasteiger partial charge in [0.1, 0.15) is 10.3 Å². The van der Waals surface area contributed by atoms with Gasteiger partial charge in [-0.2, -0.15) is 5.10 Å². The van der Waals surface area contributed by atoms with E-state index in [1.54, 1.807) is 10.9 Å². The molecule has 88 valence electrons. The molecule has 6 heteroatoms. The van der Waals surface area contributed by atoms with Gasteiger partial charge in [-0.3, -0.25) is 9.48 Å². The fraction of sp³-hybridized carbons (Fsp3) is 0.364. The molecular weight excluding hydrogens is 284 g/mol. The molecule has 0 bridgehead atoms. The summed E-state index contributed by atoms with van der Waals surface area (Å²) in [6.45, 7) is 0. The van der Waals surface area contributed by atoms with Crippen LogP contribution in [0.4, 0.5) is 0 Å². The van der Waals surface area contributed by atoms with Crippen molar-refractivity contribution < 1.29 is 0 Å². The van der Waals surface area contributed by atoms with Crippen molar-refractivity contribution in [1.82, 2.24) is 19.7 Å². The molecule has 0 aromatic carbocycles. The molecule has 0 aliphatic heterocycles. The first-order valence-electron chi connectivity index (χ1n) is 5.44. The Morgan fingerprint density at radius 2 is 2.29 bits per heavy atom. The highest BCUT2D eigenvalue weighted by atomic mass is 79.9. The van der Waals surface area contributed by atoms with Crippen molar-refractivity contribution in [2.75, 3.05) is 0 Å². The van der Waals surface area contributed by atoms with Crippen LogP contribution in [0.5, 0.6) is 0 Å². The first-order chi connectivity index (χ1) is 8.15. The summed E-state index contributed by atoms with van der Waals surface area (Å²) in [5.41, 5.74) is 1.58. The second-order valence-corrected chi connectivity index (χ2v) is 5.08. The smallest absolute Gasteiger partial charge is 0.265 e. The SMILES string of the molecule is Cn1cc(-c2nc(C3CC3)c(Br)c(=O)[nH]2)cn1. The standard InChI is InChI=1S/C11H11BrN4O/c1-16-5-7(4-13-16)10-14-9(6-2-3-6)8(12)11(17)15-10/h4-6H,2-3H2,1H3,(H,14,15,17). The molecule has 0 spiro atoms. The number of H-pyrrole nitrogens is 1. The van der Waals surface area contributed by atoms with E-state index in [0.29, 0.717) is 16.2 Å². The van der Waals surface area contributed by atoms with Crippen molar-refractivity contribution in [3.05, 3.63) is 32.9 Å². The third kappa shape index (κ3) is 1.93. The third-order valence-corrected chi connectivity index (χ3v) is 3.60. The highest BCUT2D eigenvalue weighted by Gasteiger charge is 2.29. The molecule has 0 unspecified atom stereocenters. The average molecular weight is 295 g/mol. The Morgan fingerprint density at radius 1 is 1.53 bits per heavy atom. The number of aryl methyl sites for hydroxylation is 1. The van der Waals surface area contributed by atoms with Crippen molar-refractivity contribution in [2.45, 2.75) is 18.8 Å². The number of hydrogen-bond acceptors (Lipinski definition) is 3. The van der Waals surface area contributed by atoms with Gasteiger partial charge in [0, 0.05) is 19.2 Å². The summed E-state index contributed by atoms with van der Waals surface area (Å²) < 4.78 is 2.25. The lowest BCUT2D eigenvalue weighted by atomic mass is 10.2. The van der Waals surface area contributed by atoms with E-state index in [1.165, 1.54) is 0 Å². The summed E-state index contributed by atoms with van der Waals surface area (Å²) in [5, 5.41) is 4.08. The Balaban J connectivity index is 2.14. The maximum absolute atomic E-state index is 11.8. The summed E-state index contributed by atoms with van der Waals surface area (Å²) in [5.74, 6) is 1.02. The molecule has 0 atom stereocenters. The Labute approximate surface area is 106 Å². The Bertz CT molecular complexity index is 627. The molecule has 1 saturated carbocycles. The molecule has 0 amide bonds. The van der Waals surface area contributed by atoms with Gasteiger partial charge < -0.3 is 4.98 Å². The minimum atomic E-state index is -0.124. The molecule has 2 heterocycles. The second kappa shape index (κ2) is 3.80. The number of nitrogens with zero attached hydrogens (tertiary/aromatic N) is 3. The van der Waals surface area contributed by atoms with Gasteiger partial charge in [-0.05, 0) is 28.8 Å². The number of hydrogen-bond donors (Lipinski definition) is 1. The maximum atomic E-state index is 11.8. The monoisotopic (exact) mass is 294 g/mol. The molecule has 1 N–H and O–H groups in total. The maximum Gasteiger partial charge on any atom is 0.265 e. The zero-order valence-electron chi connectivity index (χ0n) is 9.27. The van der Waals surface area contributed by atoms with Gasteiger partial charge in [0.2, 0.25) is 0 Å². The number of rotatable bonds is 2. The zero-order chi connectivity index (χ0) is 12.0. The van der Waals surface area contributed by atoms with E-state index in [0.717, 1.165) is 24.1 Å². The van der Waals surface area contributed by atoms with Crippen LogP contribution >= 0.6 is 15.9 Å². The summed E-state index contributed by atoms with van der Waals surface area (Å²) in [6, 6.07) is 0. The molecule has 1 fully saturated rings. The van der Waals surface area contributed by atoms with Gasteiger partial charge in [-0.1, -0.05) is 0 Å². The highest BCUT2D eigenvalue weighted by molar-refractivity contribution is 9.10. The molecular formula is C11H11BrN4O. The molecule has 1 aliphatic rings. The van der Waals surface area contributed by atoms with Crippen LogP contribution in [-0.2, 0) is 7.05 Å². The molecule has 2 aromatic rings. The normalized spacial score (nSPS) is 15.2. The van der Waals surface area contributed by atoms with Gasteiger partial charge in [-0.15, -0.1) is 0 Å². The van der Waals surface area contributed by atoms with Crippen molar-refractivity contribution in [2.24, 2.45) is 7.05 Å². The Kier molecular flexibility index (Phi) is 2.39. The van der Waals surface area contributed by atoms with Crippen LogP contribution in [0.3, 0.4) is 0 Å². The fourth-order valence-electron chi connectivity index (χ4n) is 1.78. The van der Waals surface area contributed by atoms with Gasteiger partial charge in [0.05, 0.1) is 17.5 Å². The van der Waals surface area contributed by atoms with Crippen LogP contribution < -0.4 is 5.56 Å². The van der Waals surface area contributed by atoms with Crippen LogP contribution in [0, 0.1) is 0 Å². The number of halogens is 1. The molecule has 3 rings (SSSR count). The number of nitrogens with one attached hydrogen (secondary N) is 1. The van der Waals surface area contributed by atoms with Crippen LogP contribution in [0.2, 0.25) is 0 Å². The van der Waals surface area contributed by atoms with Gasteiger partial charge in [-0.25, -0.2) is 4.98 Å². The van der Waals surface area contributed by atoms with E-state index in [2.05, 4.69) is 31.0 Å². The lowest BCUT2D eigenvalue weighted by Crippen LogP contribution is -2.13. The second-order valence-electron chi connectivity index (χ2n) is 4.29. The first-order valence-corrected chi connectivity index (χ1v) is 6.23. The van der Waals surface area contributed by atoms with Crippen molar-refractivity contribution >= 4 is 15.9 Å². The summed E-state index contributed by atoms with van der Waals surface area (Å²) in [7, 11) is 1.84. The first kappa shape index (κ1) is 10.7. The molecule has 2 aromatic heterocycles. The van der Waals surface area contributed by atoms with E-state index in [4.69, 9.17) is 0 Å². The van der Waals surface area contributed by atoms with Crippen molar-refractivity contribution in [1.29, 1.82) is 0 Å². The van der Waals surface area contributed by atoms with Crippen molar-refractivity contribution in [3.63, 3.8) is 0 Å². The lowest BCUT2D eigenvalue weighted by Gasteiger charge is -2.03. The number of aromatic amines is 1. The summed E-state index contributed by atoms with van der Waals surface area (Å²) in [6.07, 6.45) is 5.76. The molecule has 17 heavy (non-hydrogen) atoms. The average Bonchev–Trinajstić information content (AvgIpc) is 3.05. The van der Waals surface area contributed by atoms with E-state index in [-0.39, 0.29) is 5.56 Å². The minimum absolute atomic E-state index is 0.124. The minimum Gasteiger partial charge on any atom is -0.305 e. The Morgan fingerprint density at radius 3 is 2.88 bits per heavy atom. The van der Waals surface area contributed by atoms with Gasteiger partial charge in [0.25, 0.3) is 5.56 Å². The van der Waals surface area contributed by atoms with Crippen LogP contribution in [0.1, 0.15) is 24.5 Å². The molecule has 0 saturated heterocycles. The predicted octanol–water partition coefficient (Wildman–Crippen LogP) is 1.81. The van der Waals surface area contributed by atoms with E-state index in [9.17, 15) is 4.79 Å². The molecule has 5 nitrogen and oxygen atoms in total. The van der Waals surface area contributed by atoms with Gasteiger partial charge in [0.15, 0.2) is 0 Å². The summed E-state index contributed by atoms with van der Waals surface area (Å²) >= 11 is 3.31. The zero-order valence-corrected chi connectivity index (χ0v) is 10.9. The third-order valence-electron chi connectivity index (χ3n) is 2.83. The topological polar surface area (TPSA) is 63.6 Å². The van der Waals surface area contributed by atoms with Crippen LogP contribution in [-0.4, -0.2) is 19.7 Å². The Hall–Kier alpha value is -1.43. The fourth-order valence-corrected chi connectivity index (χ4v) is 2.30. The lowest BCUT2D eigenvalue weighted by molar-refractivity contribution is 0.768. The van der Waals surface area contributed by atoms with Crippen molar-refractivity contribution in [3.8, 4) is 11.4 Å². The molecule has 1 aliphatic carbocycles. The van der Waals surface area contributed by atoms with E-state index < -0.39 is 0 Å². The summed E-state index contributed by atoms with van der Waals surface area (Å²) in [4.78, 5) is 19.1. The van der Waals surface area contributed by atoms with Gasteiger partial charge >= 0.3 is 0 Å². The van der Waals surface area contributed by atoms with Crippen LogP contribution in [0.15, 0.2) is 21.7 Å². The molecule has 0 radical (unpaired) electrons. The van der Waals surface area contributed by atoms with E-state index >= 15 is 0 Å². The van der Waals surface area contributed by atoms with E-state index in [1.807, 2.05) is 13.2 Å².